The van der Waals surface area contributed by atoms with Crippen LogP contribution >= 0.6 is 0 Å². The number of nitrogens with one attached hydrogen (secondary N) is 2. The number of rotatable bonds is 9. The fourth-order valence-corrected chi connectivity index (χ4v) is 5.14. The van der Waals surface area contributed by atoms with Crippen molar-refractivity contribution >= 4 is 33.2 Å². The molecule has 37 heavy (non-hydrogen) atoms. The van der Waals surface area contributed by atoms with E-state index in [4.69, 9.17) is 0 Å². The first-order chi connectivity index (χ1) is 17.8. The van der Waals surface area contributed by atoms with Crippen LogP contribution in [0.4, 0.5) is 11.4 Å². The van der Waals surface area contributed by atoms with Crippen molar-refractivity contribution in [2.75, 3.05) is 16.2 Å². The van der Waals surface area contributed by atoms with Gasteiger partial charge in [-0.1, -0.05) is 48.5 Å². The van der Waals surface area contributed by atoms with Gasteiger partial charge in [0, 0.05) is 18.9 Å². The molecule has 1 heterocycles. The molecule has 4 rings (SSSR count). The lowest BCUT2D eigenvalue weighted by molar-refractivity contribution is -0.114. The molecule has 0 bridgehead atoms. The number of sulfonamides is 1. The fraction of sp³-hybridized carbons (Fsp3) is 0.107. The largest absolute Gasteiger partial charge is 0.348 e. The summed E-state index contributed by atoms with van der Waals surface area (Å²) < 4.78 is 28.1. The van der Waals surface area contributed by atoms with Crippen molar-refractivity contribution in [1.29, 1.82) is 0 Å². The molecule has 0 atom stereocenters. The van der Waals surface area contributed by atoms with Crippen molar-refractivity contribution in [2.24, 2.45) is 0 Å². The molecule has 0 spiro atoms. The smallest absolute Gasteiger partial charge is 0.264 e. The molecule has 0 aliphatic heterocycles. The van der Waals surface area contributed by atoms with E-state index in [2.05, 4.69) is 15.6 Å². The minimum atomic E-state index is -4.04. The van der Waals surface area contributed by atoms with E-state index in [1.165, 1.54) is 12.1 Å². The minimum absolute atomic E-state index is 0.0690. The number of hydrogen-bond donors (Lipinski definition) is 2. The maximum atomic E-state index is 13.5. The molecule has 0 aliphatic rings. The molecule has 0 aliphatic carbocycles. The number of anilines is 2. The van der Waals surface area contributed by atoms with Gasteiger partial charge in [-0.2, -0.15) is 0 Å². The van der Waals surface area contributed by atoms with E-state index in [1.54, 1.807) is 79.1 Å². The van der Waals surface area contributed by atoms with Crippen LogP contribution in [0.3, 0.4) is 0 Å². The number of aromatic nitrogens is 1. The molecular weight excluding hydrogens is 488 g/mol. The quantitative estimate of drug-likeness (QED) is 0.349. The van der Waals surface area contributed by atoms with Gasteiger partial charge in [0.1, 0.15) is 6.54 Å². The second-order valence-electron chi connectivity index (χ2n) is 8.30. The van der Waals surface area contributed by atoms with Crippen LogP contribution in [0.15, 0.2) is 108 Å². The van der Waals surface area contributed by atoms with E-state index in [1.807, 2.05) is 19.1 Å². The Morgan fingerprint density at radius 3 is 2.38 bits per heavy atom. The van der Waals surface area contributed by atoms with E-state index in [-0.39, 0.29) is 28.6 Å². The zero-order valence-corrected chi connectivity index (χ0v) is 21.0. The van der Waals surface area contributed by atoms with Crippen molar-refractivity contribution in [2.45, 2.75) is 18.4 Å². The van der Waals surface area contributed by atoms with Gasteiger partial charge >= 0.3 is 0 Å². The lowest BCUT2D eigenvalue weighted by atomic mass is 10.1. The van der Waals surface area contributed by atoms with E-state index >= 15 is 0 Å². The van der Waals surface area contributed by atoms with Gasteiger partial charge in [-0.15, -0.1) is 0 Å². The van der Waals surface area contributed by atoms with Crippen LogP contribution in [0.2, 0.25) is 0 Å². The van der Waals surface area contributed by atoms with Gasteiger partial charge in [-0.05, 0) is 60.5 Å². The molecule has 9 heteroatoms. The summed E-state index contributed by atoms with van der Waals surface area (Å²) in [6.45, 7) is 1.63. The van der Waals surface area contributed by atoms with Gasteiger partial charge in [-0.3, -0.25) is 18.9 Å². The maximum absolute atomic E-state index is 13.5. The van der Waals surface area contributed by atoms with Crippen LogP contribution in [-0.4, -0.2) is 31.8 Å². The molecule has 1 aromatic heterocycles. The zero-order chi connectivity index (χ0) is 26.3. The molecule has 0 unspecified atom stereocenters. The highest BCUT2D eigenvalue weighted by atomic mass is 32.2. The average molecular weight is 515 g/mol. The Balaban J connectivity index is 1.56. The lowest BCUT2D eigenvalue weighted by Crippen LogP contribution is -2.38. The number of pyridine rings is 1. The summed E-state index contributed by atoms with van der Waals surface area (Å²) in [6, 6.07) is 25.0. The molecule has 0 saturated heterocycles. The van der Waals surface area contributed by atoms with Crippen LogP contribution < -0.4 is 14.9 Å². The number of carbonyl (C=O) groups is 2. The molecule has 0 saturated carbocycles. The summed E-state index contributed by atoms with van der Waals surface area (Å²) in [5.41, 5.74) is 2.57. The summed E-state index contributed by atoms with van der Waals surface area (Å²) in [7, 11) is -4.04. The van der Waals surface area contributed by atoms with E-state index in [9.17, 15) is 18.0 Å². The Morgan fingerprint density at radius 1 is 0.892 bits per heavy atom. The van der Waals surface area contributed by atoms with Gasteiger partial charge < -0.3 is 10.6 Å². The molecule has 4 aromatic rings. The highest BCUT2D eigenvalue weighted by molar-refractivity contribution is 7.92. The Bertz CT molecular complexity index is 1490. The molecule has 188 valence electrons. The summed E-state index contributed by atoms with van der Waals surface area (Å²) in [6.07, 6.45) is 3.30. The second-order valence-corrected chi connectivity index (χ2v) is 10.2. The van der Waals surface area contributed by atoms with Crippen molar-refractivity contribution in [3.63, 3.8) is 0 Å². The lowest BCUT2D eigenvalue weighted by Gasteiger charge is -2.24. The Kier molecular flexibility index (Phi) is 7.95. The first-order valence-electron chi connectivity index (χ1n) is 11.5. The van der Waals surface area contributed by atoms with Crippen molar-refractivity contribution in [3.05, 3.63) is 120 Å². The van der Waals surface area contributed by atoms with Gasteiger partial charge in [0.05, 0.1) is 21.8 Å². The van der Waals surface area contributed by atoms with Gasteiger partial charge in [0.2, 0.25) is 5.91 Å². The van der Waals surface area contributed by atoms with Crippen LogP contribution in [-0.2, 0) is 21.4 Å². The van der Waals surface area contributed by atoms with E-state index < -0.39 is 22.5 Å². The fourth-order valence-electron chi connectivity index (χ4n) is 3.71. The van der Waals surface area contributed by atoms with E-state index in [0.717, 1.165) is 15.4 Å². The number of benzene rings is 3. The zero-order valence-electron chi connectivity index (χ0n) is 20.2. The third kappa shape index (κ3) is 6.39. The van der Waals surface area contributed by atoms with Crippen LogP contribution in [0.25, 0.3) is 0 Å². The van der Waals surface area contributed by atoms with Gasteiger partial charge in [0.25, 0.3) is 15.9 Å². The summed E-state index contributed by atoms with van der Waals surface area (Å²) >= 11 is 0. The SMILES string of the molecule is Cc1cccc(N(CC(=O)Nc2ccccc2C(=O)NCc2cccnc2)S(=O)(=O)c2ccccc2)c1. The number of amides is 2. The topological polar surface area (TPSA) is 108 Å². The van der Waals surface area contributed by atoms with Gasteiger partial charge in [0.15, 0.2) is 0 Å². The van der Waals surface area contributed by atoms with Crippen molar-refractivity contribution in [1.82, 2.24) is 10.3 Å². The molecule has 2 amide bonds. The van der Waals surface area contributed by atoms with Crippen molar-refractivity contribution < 1.29 is 18.0 Å². The third-order valence-electron chi connectivity index (χ3n) is 5.53. The van der Waals surface area contributed by atoms with E-state index in [0.29, 0.717) is 5.69 Å². The van der Waals surface area contributed by atoms with Gasteiger partial charge in [-0.25, -0.2) is 8.42 Å². The number of aryl methyl sites for hydroxylation is 1. The normalized spacial score (nSPS) is 10.9. The predicted molar refractivity (Wildman–Crippen MR) is 143 cm³/mol. The third-order valence-corrected chi connectivity index (χ3v) is 7.32. The van der Waals surface area contributed by atoms with Crippen molar-refractivity contribution in [3.8, 4) is 0 Å². The maximum Gasteiger partial charge on any atom is 0.264 e. The van der Waals surface area contributed by atoms with Crippen LogP contribution in [0.5, 0.6) is 0 Å². The first kappa shape index (κ1) is 25.6. The second kappa shape index (κ2) is 11.5. The highest BCUT2D eigenvalue weighted by Crippen LogP contribution is 2.25. The minimum Gasteiger partial charge on any atom is -0.348 e. The Morgan fingerprint density at radius 2 is 1.65 bits per heavy atom. The standard InChI is InChI=1S/C28H26N4O4S/c1-21-9-7-11-23(17-21)32(37(35,36)24-12-3-2-4-13-24)20-27(33)31-26-15-6-5-14-25(26)28(34)30-19-22-10-8-16-29-18-22/h2-18H,19-20H2,1H3,(H,30,34)(H,31,33). The summed E-state index contributed by atoms with van der Waals surface area (Å²) in [5, 5.41) is 5.52. The molecular formula is C28H26N4O4S. The van der Waals surface area contributed by atoms with Crippen LogP contribution in [0.1, 0.15) is 21.5 Å². The Labute approximate surface area is 216 Å². The summed E-state index contributed by atoms with van der Waals surface area (Å²) in [4.78, 5) is 30.1. The molecule has 2 N–H and O–H groups in total. The number of carbonyl (C=O) groups excluding carboxylic acids is 2. The molecule has 0 radical (unpaired) electrons. The number of para-hydroxylation sites is 1. The van der Waals surface area contributed by atoms with Crippen LogP contribution in [0, 0.1) is 6.92 Å². The summed E-state index contributed by atoms with van der Waals surface area (Å²) in [5.74, 6) is -0.972. The predicted octanol–water partition coefficient (Wildman–Crippen LogP) is 4.15. The molecule has 8 nitrogen and oxygen atoms in total. The highest BCUT2D eigenvalue weighted by Gasteiger charge is 2.27. The number of nitrogens with zero attached hydrogens (tertiary/aromatic N) is 2. The Hall–Kier alpha value is -4.50. The first-order valence-corrected chi connectivity index (χ1v) is 13.0. The number of hydrogen-bond acceptors (Lipinski definition) is 5. The molecule has 0 fully saturated rings. The average Bonchev–Trinajstić information content (AvgIpc) is 2.91. The monoisotopic (exact) mass is 514 g/mol. The molecule has 3 aromatic carbocycles.